The van der Waals surface area contributed by atoms with E-state index in [1.807, 2.05) is 49.4 Å². The molecule has 0 unspecified atom stereocenters. The summed E-state index contributed by atoms with van der Waals surface area (Å²) in [4.78, 5) is 12.4. The van der Waals surface area contributed by atoms with Gasteiger partial charge in [0, 0.05) is 5.69 Å². The monoisotopic (exact) mass is 333 g/mol. The molecule has 3 aromatic carbocycles. The van der Waals surface area contributed by atoms with Crippen LogP contribution in [0.1, 0.15) is 15.9 Å². The average Bonchev–Trinajstić information content (AvgIpc) is 2.65. The average molecular weight is 333 g/mol. The van der Waals surface area contributed by atoms with Crippen LogP contribution in [0.3, 0.4) is 0 Å². The van der Waals surface area contributed by atoms with Crippen LogP contribution in [0, 0.1) is 6.92 Å². The van der Waals surface area contributed by atoms with Crippen molar-refractivity contribution in [3.05, 3.63) is 83.9 Å². The third kappa shape index (κ3) is 4.18. The Hall–Kier alpha value is -3.27. The van der Waals surface area contributed by atoms with Gasteiger partial charge in [-0.2, -0.15) is 0 Å². The van der Waals surface area contributed by atoms with Crippen LogP contribution >= 0.6 is 0 Å². The largest absolute Gasteiger partial charge is 0.496 e. The second kappa shape index (κ2) is 7.53. The first-order chi connectivity index (χ1) is 12.2. The van der Waals surface area contributed by atoms with Crippen LogP contribution in [-0.2, 0) is 0 Å². The van der Waals surface area contributed by atoms with Gasteiger partial charge in [0.05, 0.1) is 12.7 Å². The Kier molecular flexibility index (Phi) is 5.00. The number of benzene rings is 3. The number of para-hydroxylation sites is 1. The maximum Gasteiger partial charge on any atom is 0.259 e. The molecule has 0 atom stereocenters. The summed E-state index contributed by atoms with van der Waals surface area (Å²) in [5.74, 6) is 1.81. The van der Waals surface area contributed by atoms with Crippen LogP contribution in [0.5, 0.6) is 17.2 Å². The molecule has 0 heterocycles. The van der Waals surface area contributed by atoms with Crippen LogP contribution in [0.2, 0.25) is 0 Å². The number of hydrogen-bond donors (Lipinski definition) is 1. The molecule has 126 valence electrons. The number of aryl methyl sites for hydroxylation is 1. The highest BCUT2D eigenvalue weighted by Gasteiger charge is 2.11. The molecule has 0 bridgehead atoms. The minimum absolute atomic E-state index is 0.218. The van der Waals surface area contributed by atoms with E-state index in [4.69, 9.17) is 9.47 Å². The van der Waals surface area contributed by atoms with Crippen LogP contribution in [0.25, 0.3) is 0 Å². The van der Waals surface area contributed by atoms with Crippen molar-refractivity contribution in [1.82, 2.24) is 0 Å². The van der Waals surface area contributed by atoms with E-state index in [1.165, 1.54) is 5.56 Å². The highest BCUT2D eigenvalue weighted by atomic mass is 16.5. The molecule has 0 radical (unpaired) electrons. The Morgan fingerprint density at radius 3 is 2.08 bits per heavy atom. The number of methoxy groups -OCH3 is 1. The molecule has 4 heteroatoms. The Morgan fingerprint density at radius 2 is 1.44 bits per heavy atom. The van der Waals surface area contributed by atoms with Gasteiger partial charge in [-0.3, -0.25) is 4.79 Å². The van der Waals surface area contributed by atoms with Crippen molar-refractivity contribution in [2.45, 2.75) is 6.92 Å². The van der Waals surface area contributed by atoms with Crippen molar-refractivity contribution in [3.8, 4) is 17.2 Å². The molecule has 0 fully saturated rings. The summed E-state index contributed by atoms with van der Waals surface area (Å²) in [7, 11) is 1.54. The van der Waals surface area contributed by atoms with E-state index in [0.29, 0.717) is 22.7 Å². The number of nitrogens with one attached hydrogen (secondary N) is 1. The van der Waals surface area contributed by atoms with Gasteiger partial charge in [0.1, 0.15) is 17.2 Å². The second-order valence-corrected chi connectivity index (χ2v) is 5.59. The van der Waals surface area contributed by atoms with E-state index >= 15 is 0 Å². The van der Waals surface area contributed by atoms with Crippen LogP contribution in [-0.4, -0.2) is 13.0 Å². The lowest BCUT2D eigenvalue weighted by Crippen LogP contribution is -2.12. The molecule has 25 heavy (non-hydrogen) atoms. The molecule has 3 rings (SSSR count). The van der Waals surface area contributed by atoms with E-state index in [9.17, 15) is 4.79 Å². The fraction of sp³-hybridized carbons (Fsp3) is 0.0952. The first kappa shape index (κ1) is 16.6. The fourth-order valence-corrected chi connectivity index (χ4v) is 2.38. The molecule has 1 amide bonds. The third-order valence-electron chi connectivity index (χ3n) is 3.72. The van der Waals surface area contributed by atoms with Gasteiger partial charge < -0.3 is 14.8 Å². The number of rotatable bonds is 5. The molecule has 0 spiro atoms. The predicted molar refractivity (Wildman–Crippen MR) is 98.6 cm³/mol. The molecule has 0 aliphatic carbocycles. The van der Waals surface area contributed by atoms with Gasteiger partial charge in [0.25, 0.3) is 5.91 Å². The van der Waals surface area contributed by atoms with Gasteiger partial charge >= 0.3 is 0 Å². The number of carbonyl (C=O) groups is 1. The first-order valence-electron chi connectivity index (χ1n) is 7.94. The fourth-order valence-electron chi connectivity index (χ4n) is 2.38. The summed E-state index contributed by atoms with van der Waals surface area (Å²) in [5, 5.41) is 2.86. The molecule has 1 N–H and O–H groups in total. The van der Waals surface area contributed by atoms with E-state index < -0.39 is 0 Å². The molecular weight excluding hydrogens is 314 g/mol. The molecule has 0 aliphatic rings. The predicted octanol–water partition coefficient (Wildman–Crippen LogP) is 5.05. The van der Waals surface area contributed by atoms with Gasteiger partial charge in [-0.25, -0.2) is 0 Å². The van der Waals surface area contributed by atoms with E-state index in [1.54, 1.807) is 37.4 Å². The van der Waals surface area contributed by atoms with Gasteiger partial charge in [-0.1, -0.05) is 29.8 Å². The summed E-state index contributed by atoms with van der Waals surface area (Å²) in [6.45, 7) is 2.03. The Labute approximate surface area is 147 Å². The number of anilines is 1. The quantitative estimate of drug-likeness (QED) is 0.711. The van der Waals surface area contributed by atoms with Crippen molar-refractivity contribution in [2.75, 3.05) is 12.4 Å². The topological polar surface area (TPSA) is 47.6 Å². The maximum absolute atomic E-state index is 12.4. The van der Waals surface area contributed by atoms with Crippen molar-refractivity contribution in [3.63, 3.8) is 0 Å². The lowest BCUT2D eigenvalue weighted by atomic mass is 10.2. The maximum atomic E-state index is 12.4. The zero-order valence-corrected chi connectivity index (χ0v) is 14.2. The van der Waals surface area contributed by atoms with Crippen molar-refractivity contribution >= 4 is 11.6 Å². The zero-order valence-electron chi connectivity index (χ0n) is 14.2. The first-order valence-corrected chi connectivity index (χ1v) is 7.94. The van der Waals surface area contributed by atoms with Crippen LogP contribution in [0.15, 0.2) is 72.8 Å². The van der Waals surface area contributed by atoms with Crippen molar-refractivity contribution in [1.29, 1.82) is 0 Å². The number of hydrogen-bond acceptors (Lipinski definition) is 3. The summed E-state index contributed by atoms with van der Waals surface area (Å²) >= 11 is 0. The number of amides is 1. The van der Waals surface area contributed by atoms with E-state index in [0.717, 1.165) is 5.75 Å². The summed E-state index contributed by atoms with van der Waals surface area (Å²) < 4.78 is 11.0. The number of carbonyl (C=O) groups excluding carboxylic acids is 1. The van der Waals surface area contributed by atoms with Gasteiger partial charge in [0.2, 0.25) is 0 Å². The minimum Gasteiger partial charge on any atom is -0.496 e. The highest BCUT2D eigenvalue weighted by Crippen LogP contribution is 2.24. The smallest absolute Gasteiger partial charge is 0.259 e. The van der Waals surface area contributed by atoms with Crippen LogP contribution in [0.4, 0.5) is 5.69 Å². The Bertz CT molecular complexity index is 855. The summed E-state index contributed by atoms with van der Waals surface area (Å²) in [6.07, 6.45) is 0. The molecular formula is C21H19NO3. The normalized spacial score (nSPS) is 10.2. The Balaban J connectivity index is 1.68. The van der Waals surface area contributed by atoms with Gasteiger partial charge in [-0.15, -0.1) is 0 Å². The third-order valence-corrected chi connectivity index (χ3v) is 3.72. The Morgan fingerprint density at radius 1 is 0.840 bits per heavy atom. The standard InChI is InChI=1S/C21H19NO3/c1-15-7-11-17(12-8-15)25-18-13-9-16(10-14-18)22-21(23)19-5-3-4-6-20(19)24-2/h3-14H,1-2H3,(H,22,23). The van der Waals surface area contributed by atoms with Gasteiger partial charge in [0.15, 0.2) is 0 Å². The van der Waals surface area contributed by atoms with Crippen LogP contribution < -0.4 is 14.8 Å². The van der Waals surface area contributed by atoms with E-state index in [-0.39, 0.29) is 5.91 Å². The van der Waals surface area contributed by atoms with Gasteiger partial charge in [-0.05, 0) is 55.5 Å². The molecule has 0 aromatic heterocycles. The van der Waals surface area contributed by atoms with E-state index in [2.05, 4.69) is 5.32 Å². The number of ether oxygens (including phenoxy) is 2. The molecule has 4 nitrogen and oxygen atoms in total. The second-order valence-electron chi connectivity index (χ2n) is 5.59. The highest BCUT2D eigenvalue weighted by molar-refractivity contribution is 6.06. The van der Waals surface area contributed by atoms with Crippen molar-refractivity contribution < 1.29 is 14.3 Å². The van der Waals surface area contributed by atoms with Crippen molar-refractivity contribution in [2.24, 2.45) is 0 Å². The minimum atomic E-state index is -0.218. The zero-order chi connectivity index (χ0) is 17.6. The lowest BCUT2D eigenvalue weighted by Gasteiger charge is -2.10. The molecule has 0 saturated heterocycles. The molecule has 0 aliphatic heterocycles. The summed E-state index contributed by atoms with van der Waals surface area (Å²) in [6, 6.07) is 22.2. The molecule has 3 aromatic rings. The SMILES string of the molecule is COc1ccccc1C(=O)Nc1ccc(Oc2ccc(C)cc2)cc1. The lowest BCUT2D eigenvalue weighted by molar-refractivity contribution is 0.102. The molecule has 0 saturated carbocycles. The summed E-state index contributed by atoms with van der Waals surface area (Å²) in [5.41, 5.74) is 2.36.